The zero-order chi connectivity index (χ0) is 11.6. The van der Waals surface area contributed by atoms with E-state index in [2.05, 4.69) is 4.98 Å². The van der Waals surface area contributed by atoms with E-state index in [4.69, 9.17) is 22.1 Å². The molecule has 1 aromatic rings. The van der Waals surface area contributed by atoms with Gasteiger partial charge in [0, 0.05) is 0 Å². The summed E-state index contributed by atoms with van der Waals surface area (Å²) in [6.45, 7) is 0. The number of ether oxygens (including phenoxy) is 1. The molecule has 1 rings (SSSR count). The highest BCUT2D eigenvalue weighted by atomic mass is 35.5. The van der Waals surface area contributed by atoms with Gasteiger partial charge in [0.1, 0.15) is 5.69 Å². The molecule has 1 heterocycles. The maximum atomic E-state index is 12.5. The van der Waals surface area contributed by atoms with Gasteiger partial charge < -0.3 is 10.5 Å². The Morgan fingerprint density at radius 3 is 2.67 bits per heavy atom. The van der Waals surface area contributed by atoms with Crippen molar-refractivity contribution in [1.29, 1.82) is 0 Å². The van der Waals surface area contributed by atoms with Crippen molar-refractivity contribution < 1.29 is 18.3 Å². The van der Waals surface area contributed by atoms with Gasteiger partial charge in [0.15, 0.2) is 10.9 Å². The molecule has 7 heteroatoms. The number of primary amides is 1. The fourth-order valence-corrected chi connectivity index (χ4v) is 1.21. The second kappa shape index (κ2) is 4.39. The van der Waals surface area contributed by atoms with Gasteiger partial charge in [-0.3, -0.25) is 4.79 Å². The summed E-state index contributed by atoms with van der Waals surface area (Å²) in [7, 11) is 1.25. The first kappa shape index (κ1) is 11.6. The van der Waals surface area contributed by atoms with Crippen LogP contribution in [0.2, 0.25) is 5.15 Å². The Kier molecular flexibility index (Phi) is 3.41. The number of halogens is 3. The fraction of sp³-hybridized carbons (Fsp3) is 0.250. The molecule has 0 radical (unpaired) electrons. The van der Waals surface area contributed by atoms with E-state index in [0.717, 1.165) is 6.07 Å². The Morgan fingerprint density at radius 2 is 2.27 bits per heavy atom. The number of rotatable bonds is 3. The summed E-state index contributed by atoms with van der Waals surface area (Å²) in [4.78, 5) is 14.3. The number of carbonyl (C=O) groups is 1. The first-order valence-electron chi connectivity index (χ1n) is 3.79. The molecule has 0 spiro atoms. The average molecular weight is 237 g/mol. The molecule has 0 saturated heterocycles. The molecule has 0 fully saturated rings. The number of aromatic nitrogens is 1. The van der Waals surface area contributed by atoms with Gasteiger partial charge in [0.2, 0.25) is 0 Å². The number of nitrogens with zero attached hydrogens (tertiary/aromatic N) is 1. The van der Waals surface area contributed by atoms with Gasteiger partial charge >= 0.3 is 0 Å². The third kappa shape index (κ3) is 2.33. The normalized spacial score (nSPS) is 10.5. The molecule has 4 nitrogen and oxygen atoms in total. The number of alkyl halides is 2. The largest absolute Gasteiger partial charge is 0.494 e. The summed E-state index contributed by atoms with van der Waals surface area (Å²) in [5.41, 5.74) is 3.74. The minimum Gasteiger partial charge on any atom is -0.494 e. The molecule has 0 aliphatic carbocycles. The lowest BCUT2D eigenvalue weighted by molar-refractivity contribution is 0.0980. The topological polar surface area (TPSA) is 65.2 Å². The SMILES string of the molecule is COc1cc(C(F)F)c(C(N)=O)nc1Cl. The third-order valence-corrected chi connectivity index (χ3v) is 1.93. The molecule has 15 heavy (non-hydrogen) atoms. The Bertz CT molecular complexity index is 398. The number of nitrogens with two attached hydrogens (primary N) is 1. The van der Waals surface area contributed by atoms with Crippen molar-refractivity contribution in [1.82, 2.24) is 4.98 Å². The lowest BCUT2D eigenvalue weighted by atomic mass is 10.2. The second-order valence-corrected chi connectivity index (χ2v) is 2.94. The van der Waals surface area contributed by atoms with Crippen molar-refractivity contribution in [3.63, 3.8) is 0 Å². The molecule has 0 bridgehead atoms. The molecule has 0 aromatic carbocycles. The van der Waals surface area contributed by atoms with Gasteiger partial charge in [-0.1, -0.05) is 11.6 Å². The zero-order valence-electron chi connectivity index (χ0n) is 7.63. The highest BCUT2D eigenvalue weighted by molar-refractivity contribution is 6.31. The lowest BCUT2D eigenvalue weighted by Gasteiger charge is -2.08. The van der Waals surface area contributed by atoms with Crippen LogP contribution in [-0.2, 0) is 0 Å². The molecule has 82 valence electrons. The van der Waals surface area contributed by atoms with E-state index in [1.165, 1.54) is 7.11 Å². The monoisotopic (exact) mass is 236 g/mol. The van der Waals surface area contributed by atoms with Crippen LogP contribution in [0.3, 0.4) is 0 Å². The number of carbonyl (C=O) groups excluding carboxylic acids is 1. The number of amides is 1. The lowest BCUT2D eigenvalue weighted by Crippen LogP contribution is -2.16. The maximum absolute atomic E-state index is 12.5. The van der Waals surface area contributed by atoms with Gasteiger partial charge in [-0.2, -0.15) is 0 Å². The molecule has 2 N–H and O–H groups in total. The van der Waals surface area contributed by atoms with Crippen molar-refractivity contribution >= 4 is 17.5 Å². The van der Waals surface area contributed by atoms with E-state index in [1.807, 2.05) is 0 Å². The van der Waals surface area contributed by atoms with E-state index in [0.29, 0.717) is 0 Å². The van der Waals surface area contributed by atoms with E-state index in [9.17, 15) is 13.6 Å². The van der Waals surface area contributed by atoms with Gasteiger partial charge in [-0.05, 0) is 6.07 Å². The number of hydrogen-bond acceptors (Lipinski definition) is 3. The first-order chi connectivity index (χ1) is 6.97. The van der Waals surface area contributed by atoms with Crippen molar-refractivity contribution in [2.24, 2.45) is 5.73 Å². The van der Waals surface area contributed by atoms with Gasteiger partial charge in [-0.25, -0.2) is 13.8 Å². The Morgan fingerprint density at radius 1 is 1.67 bits per heavy atom. The molecular formula is C8H7ClF2N2O2. The van der Waals surface area contributed by atoms with Crippen LogP contribution in [0.25, 0.3) is 0 Å². The van der Waals surface area contributed by atoms with Crippen LogP contribution in [-0.4, -0.2) is 18.0 Å². The highest BCUT2D eigenvalue weighted by Gasteiger charge is 2.21. The van der Waals surface area contributed by atoms with Gasteiger partial charge in [0.05, 0.1) is 12.7 Å². The molecule has 1 aromatic heterocycles. The number of methoxy groups -OCH3 is 1. The molecular weight excluding hydrogens is 230 g/mol. The van der Waals surface area contributed by atoms with E-state index >= 15 is 0 Å². The summed E-state index contributed by atoms with van der Waals surface area (Å²) < 4.78 is 29.7. The Balaban J connectivity index is 3.38. The van der Waals surface area contributed by atoms with Crippen molar-refractivity contribution in [2.45, 2.75) is 6.43 Å². The summed E-state index contributed by atoms with van der Waals surface area (Å²) in [6.07, 6.45) is -2.87. The quantitative estimate of drug-likeness (QED) is 0.814. The van der Waals surface area contributed by atoms with Crippen molar-refractivity contribution in [3.8, 4) is 5.75 Å². The predicted molar refractivity (Wildman–Crippen MR) is 49.3 cm³/mol. The minimum atomic E-state index is -2.87. The van der Waals surface area contributed by atoms with Crippen LogP contribution >= 0.6 is 11.6 Å². The van der Waals surface area contributed by atoms with Crippen molar-refractivity contribution in [3.05, 3.63) is 22.5 Å². The first-order valence-corrected chi connectivity index (χ1v) is 4.17. The van der Waals surface area contributed by atoms with E-state index in [-0.39, 0.29) is 10.9 Å². The standard InChI is InChI=1S/C8H7ClF2N2O2/c1-15-4-2-3(7(10)11)5(8(12)14)13-6(4)9/h2,7H,1H3,(H2,12,14). The second-order valence-electron chi connectivity index (χ2n) is 2.58. The Labute approximate surface area is 89.0 Å². The highest BCUT2D eigenvalue weighted by Crippen LogP contribution is 2.30. The van der Waals surface area contributed by atoms with Crippen LogP contribution < -0.4 is 10.5 Å². The van der Waals surface area contributed by atoms with Crippen LogP contribution in [0.15, 0.2) is 6.07 Å². The Hall–Kier alpha value is -1.43. The van der Waals surface area contributed by atoms with E-state index in [1.54, 1.807) is 0 Å². The molecule has 1 amide bonds. The predicted octanol–water partition coefficient (Wildman–Crippen LogP) is 1.78. The molecule has 0 aliphatic rings. The third-order valence-electron chi connectivity index (χ3n) is 1.66. The zero-order valence-corrected chi connectivity index (χ0v) is 8.39. The molecule has 0 saturated carbocycles. The van der Waals surface area contributed by atoms with Crippen LogP contribution in [0.5, 0.6) is 5.75 Å². The molecule has 0 aliphatic heterocycles. The molecule has 0 atom stereocenters. The average Bonchev–Trinajstić information content (AvgIpc) is 2.16. The number of pyridine rings is 1. The van der Waals surface area contributed by atoms with Crippen LogP contribution in [0.4, 0.5) is 8.78 Å². The van der Waals surface area contributed by atoms with Gasteiger partial charge in [0.25, 0.3) is 12.3 Å². The smallest absolute Gasteiger partial charge is 0.267 e. The summed E-state index contributed by atoms with van der Waals surface area (Å²) in [5.74, 6) is -1.09. The summed E-state index contributed by atoms with van der Waals surface area (Å²) in [6, 6.07) is 0.945. The summed E-state index contributed by atoms with van der Waals surface area (Å²) in [5, 5.41) is -0.185. The summed E-state index contributed by atoms with van der Waals surface area (Å²) >= 11 is 5.56. The van der Waals surface area contributed by atoms with E-state index < -0.39 is 23.6 Å². The molecule has 0 unspecified atom stereocenters. The van der Waals surface area contributed by atoms with Crippen molar-refractivity contribution in [2.75, 3.05) is 7.11 Å². The van der Waals surface area contributed by atoms with Gasteiger partial charge in [-0.15, -0.1) is 0 Å². The minimum absolute atomic E-state index is 0.0306. The fourth-order valence-electron chi connectivity index (χ4n) is 0.994. The number of hydrogen-bond donors (Lipinski definition) is 1. The van der Waals surface area contributed by atoms with Crippen LogP contribution in [0.1, 0.15) is 22.5 Å². The van der Waals surface area contributed by atoms with Crippen LogP contribution in [0, 0.1) is 0 Å². The maximum Gasteiger partial charge on any atom is 0.267 e.